The smallest absolute Gasteiger partial charge is 0.327 e. The summed E-state index contributed by atoms with van der Waals surface area (Å²) in [7, 11) is 0. The first-order valence-electron chi connectivity index (χ1n) is 5.25. The Labute approximate surface area is 115 Å². The van der Waals surface area contributed by atoms with E-state index >= 15 is 0 Å². The molecule has 1 fully saturated rings. The van der Waals surface area contributed by atoms with Crippen LogP contribution in [-0.2, 0) is 4.79 Å². The van der Waals surface area contributed by atoms with Crippen LogP contribution in [0.5, 0.6) is 0 Å². The first-order chi connectivity index (χ1) is 8.66. The van der Waals surface area contributed by atoms with Crippen molar-refractivity contribution in [3.63, 3.8) is 0 Å². The number of carboxylic acid groups (broad SMARTS) is 1. The second-order valence-electron chi connectivity index (χ2n) is 3.89. The number of carboxylic acids is 1. The first-order valence-corrected chi connectivity index (χ1v) is 8.10. The van der Waals surface area contributed by atoms with Crippen LogP contribution >= 0.6 is 34.4 Å². The Balaban J connectivity index is 1.90. The number of fused-ring (bicyclic) bond motifs is 1. The largest absolute Gasteiger partial charge is 0.480 e. The molecule has 1 unspecified atom stereocenters. The highest BCUT2D eigenvalue weighted by Crippen LogP contribution is 2.32. The molecule has 1 N–H and O–H groups in total. The van der Waals surface area contributed by atoms with Crippen LogP contribution < -0.4 is 0 Å². The molecule has 7 heteroatoms. The van der Waals surface area contributed by atoms with Gasteiger partial charge in [-0.05, 0) is 17.5 Å². The van der Waals surface area contributed by atoms with Crippen molar-refractivity contribution >= 4 is 55.7 Å². The maximum atomic E-state index is 12.3. The highest BCUT2D eigenvalue weighted by Gasteiger charge is 2.35. The van der Waals surface area contributed by atoms with Gasteiger partial charge < -0.3 is 10.0 Å². The Kier molecular flexibility index (Phi) is 3.04. The maximum absolute atomic E-state index is 12.3. The van der Waals surface area contributed by atoms with Gasteiger partial charge in [-0.15, -0.1) is 34.4 Å². The lowest BCUT2D eigenvalue weighted by Gasteiger charge is -2.19. The van der Waals surface area contributed by atoms with Gasteiger partial charge in [0.05, 0.1) is 10.8 Å². The number of aliphatic carboxylic acids is 1. The van der Waals surface area contributed by atoms with Crippen molar-refractivity contribution in [3.8, 4) is 0 Å². The number of carbonyl (C=O) groups is 2. The topological polar surface area (TPSA) is 57.6 Å². The van der Waals surface area contributed by atoms with E-state index < -0.39 is 12.0 Å². The van der Waals surface area contributed by atoms with Crippen molar-refractivity contribution in [2.24, 2.45) is 0 Å². The molecule has 1 atom stereocenters. The molecule has 0 aromatic carbocycles. The van der Waals surface area contributed by atoms with Crippen molar-refractivity contribution in [1.82, 2.24) is 4.90 Å². The zero-order valence-corrected chi connectivity index (χ0v) is 11.6. The Morgan fingerprint density at radius 1 is 1.39 bits per heavy atom. The van der Waals surface area contributed by atoms with Gasteiger partial charge in [-0.1, -0.05) is 0 Å². The van der Waals surface area contributed by atoms with Crippen molar-refractivity contribution in [2.75, 3.05) is 11.6 Å². The lowest BCUT2D eigenvalue weighted by molar-refractivity contribution is -0.140. The predicted molar refractivity (Wildman–Crippen MR) is 74.6 cm³/mol. The molecule has 94 valence electrons. The molecule has 3 rings (SSSR count). The van der Waals surface area contributed by atoms with Gasteiger partial charge in [0, 0.05) is 15.2 Å². The van der Waals surface area contributed by atoms with Gasteiger partial charge in [0.25, 0.3) is 5.91 Å². The summed E-state index contributed by atoms with van der Waals surface area (Å²) in [6.07, 6.45) is 0. The van der Waals surface area contributed by atoms with Gasteiger partial charge in [0.15, 0.2) is 0 Å². The molecule has 1 aliphatic heterocycles. The summed E-state index contributed by atoms with van der Waals surface area (Å²) in [5, 5.41) is 11.1. The van der Waals surface area contributed by atoms with Crippen LogP contribution in [0.15, 0.2) is 17.5 Å². The van der Waals surface area contributed by atoms with Crippen molar-refractivity contribution in [1.29, 1.82) is 0 Å². The Morgan fingerprint density at radius 3 is 2.94 bits per heavy atom. The van der Waals surface area contributed by atoms with E-state index in [1.807, 2.05) is 17.5 Å². The number of rotatable bonds is 2. The average Bonchev–Trinajstić information content (AvgIpc) is 3.02. The zero-order chi connectivity index (χ0) is 12.7. The number of thiophene rings is 2. The van der Waals surface area contributed by atoms with E-state index in [0.717, 1.165) is 9.40 Å². The third-order valence-corrected chi connectivity index (χ3v) is 5.87. The number of hydrogen-bond acceptors (Lipinski definition) is 5. The molecule has 0 radical (unpaired) electrons. The summed E-state index contributed by atoms with van der Waals surface area (Å²) in [5.74, 6) is -0.158. The molecule has 4 nitrogen and oxygen atoms in total. The minimum atomic E-state index is -0.924. The molecule has 1 aliphatic rings. The molecular formula is C11H9NO3S3. The minimum Gasteiger partial charge on any atom is -0.480 e. The number of amides is 1. The summed E-state index contributed by atoms with van der Waals surface area (Å²) in [6.45, 7) is 0. The van der Waals surface area contributed by atoms with Gasteiger partial charge in [0.2, 0.25) is 0 Å². The van der Waals surface area contributed by atoms with E-state index in [-0.39, 0.29) is 5.91 Å². The van der Waals surface area contributed by atoms with Crippen LogP contribution in [-0.4, -0.2) is 39.6 Å². The second-order valence-corrected chi connectivity index (χ2v) is 6.92. The summed E-state index contributed by atoms with van der Waals surface area (Å²) >= 11 is 4.51. The highest BCUT2D eigenvalue weighted by molar-refractivity contribution is 7.99. The molecule has 1 saturated heterocycles. The second kappa shape index (κ2) is 4.56. The summed E-state index contributed by atoms with van der Waals surface area (Å²) < 4.78 is 2.17. The van der Waals surface area contributed by atoms with E-state index in [2.05, 4.69) is 0 Å². The number of thioether (sulfide) groups is 1. The van der Waals surface area contributed by atoms with Gasteiger partial charge in [-0.3, -0.25) is 4.79 Å². The molecule has 0 saturated carbocycles. The maximum Gasteiger partial charge on any atom is 0.327 e. The monoisotopic (exact) mass is 299 g/mol. The molecule has 0 bridgehead atoms. The van der Waals surface area contributed by atoms with Crippen molar-refractivity contribution < 1.29 is 14.7 Å². The SMILES string of the molecule is O=C(O)C1CSCN1C(=O)c1cc2sccc2s1. The normalized spacial score (nSPS) is 19.6. The molecular weight excluding hydrogens is 290 g/mol. The van der Waals surface area contributed by atoms with E-state index in [1.54, 1.807) is 11.3 Å². The van der Waals surface area contributed by atoms with Gasteiger partial charge >= 0.3 is 5.97 Å². The van der Waals surface area contributed by atoms with Gasteiger partial charge in [-0.2, -0.15) is 0 Å². The predicted octanol–water partition coefficient (Wildman–Crippen LogP) is 2.56. The van der Waals surface area contributed by atoms with E-state index in [1.165, 1.54) is 28.0 Å². The van der Waals surface area contributed by atoms with E-state index in [9.17, 15) is 9.59 Å². The molecule has 2 aromatic rings. The fraction of sp³-hybridized carbons (Fsp3) is 0.273. The first kappa shape index (κ1) is 12.0. The van der Waals surface area contributed by atoms with Crippen LogP contribution in [0.3, 0.4) is 0 Å². The third-order valence-electron chi connectivity index (χ3n) is 2.78. The fourth-order valence-corrected chi connectivity index (χ4v) is 5.07. The number of carbonyl (C=O) groups excluding carboxylic acids is 1. The van der Waals surface area contributed by atoms with Crippen molar-refractivity contribution in [2.45, 2.75) is 6.04 Å². The van der Waals surface area contributed by atoms with Crippen LogP contribution in [0.25, 0.3) is 9.40 Å². The summed E-state index contributed by atoms with van der Waals surface area (Å²) in [4.78, 5) is 25.4. The van der Waals surface area contributed by atoms with Crippen LogP contribution in [0.1, 0.15) is 9.67 Å². The summed E-state index contributed by atoms with van der Waals surface area (Å²) in [6, 6.07) is 3.15. The van der Waals surface area contributed by atoms with Gasteiger partial charge in [0.1, 0.15) is 6.04 Å². The highest BCUT2D eigenvalue weighted by atomic mass is 32.2. The Hall–Kier alpha value is -1.05. The van der Waals surface area contributed by atoms with E-state index in [4.69, 9.17) is 5.11 Å². The lowest BCUT2D eigenvalue weighted by atomic mass is 10.3. The van der Waals surface area contributed by atoms with Crippen molar-refractivity contribution in [3.05, 3.63) is 22.4 Å². The Bertz CT molecular complexity index is 589. The standard InChI is InChI=1S/C11H9NO3S3/c13-10(12-5-16-4-6(12)11(14)15)9-3-8-7(18-9)1-2-17-8/h1-3,6H,4-5H2,(H,14,15). The molecule has 3 heterocycles. The van der Waals surface area contributed by atoms with Gasteiger partial charge in [-0.25, -0.2) is 4.79 Å². The molecule has 18 heavy (non-hydrogen) atoms. The van der Waals surface area contributed by atoms with E-state index in [0.29, 0.717) is 16.5 Å². The van der Waals surface area contributed by atoms with Crippen LogP contribution in [0, 0.1) is 0 Å². The molecule has 1 amide bonds. The van der Waals surface area contributed by atoms with Crippen LogP contribution in [0.4, 0.5) is 0 Å². The third kappa shape index (κ3) is 1.92. The van der Waals surface area contributed by atoms with Crippen LogP contribution in [0.2, 0.25) is 0 Å². The summed E-state index contributed by atoms with van der Waals surface area (Å²) in [5.41, 5.74) is 0. The Morgan fingerprint density at radius 2 is 2.22 bits per heavy atom. The zero-order valence-electron chi connectivity index (χ0n) is 9.16. The number of hydrogen-bond donors (Lipinski definition) is 1. The number of nitrogens with zero attached hydrogens (tertiary/aromatic N) is 1. The molecule has 0 spiro atoms. The molecule has 0 aliphatic carbocycles. The average molecular weight is 299 g/mol. The fourth-order valence-electron chi connectivity index (χ4n) is 1.86. The molecule has 2 aromatic heterocycles. The lowest BCUT2D eigenvalue weighted by Crippen LogP contribution is -2.41. The minimum absolute atomic E-state index is 0.166. The quantitative estimate of drug-likeness (QED) is 0.926.